The van der Waals surface area contributed by atoms with Crippen molar-refractivity contribution < 1.29 is 22.7 Å². The minimum atomic E-state index is -4.19. The zero-order valence-corrected chi connectivity index (χ0v) is 28.8. The number of sulfonamides is 1. The van der Waals surface area contributed by atoms with Gasteiger partial charge < -0.3 is 15.0 Å². The third-order valence-corrected chi connectivity index (χ3v) is 10.7. The molecule has 10 heteroatoms. The van der Waals surface area contributed by atoms with Gasteiger partial charge in [-0.15, -0.1) is 0 Å². The second-order valence-electron chi connectivity index (χ2n) is 11.7. The first kappa shape index (κ1) is 34.2. The van der Waals surface area contributed by atoms with Crippen molar-refractivity contribution in [2.45, 2.75) is 62.0 Å². The summed E-state index contributed by atoms with van der Waals surface area (Å²) in [6, 6.07) is 30.9. The molecule has 1 N–H and O–H groups in total. The molecule has 2 amide bonds. The SMILES string of the molecule is COc1cccc(N(CC(=O)N(Cc2cccc(Br)c2)C(Cc2ccccc2)C(=O)NC2CCCCC2)S(=O)(=O)c2ccccc2)c1. The van der Waals surface area contributed by atoms with Crippen LogP contribution in [0.4, 0.5) is 5.69 Å². The van der Waals surface area contributed by atoms with E-state index in [0.717, 1.165) is 52.0 Å². The lowest BCUT2D eigenvalue weighted by Gasteiger charge is -2.35. The summed E-state index contributed by atoms with van der Waals surface area (Å²) in [5, 5.41) is 3.24. The predicted molar refractivity (Wildman–Crippen MR) is 188 cm³/mol. The smallest absolute Gasteiger partial charge is 0.264 e. The van der Waals surface area contributed by atoms with Crippen LogP contribution >= 0.6 is 15.9 Å². The number of methoxy groups -OCH3 is 1. The Balaban J connectivity index is 1.57. The highest BCUT2D eigenvalue weighted by Gasteiger charge is 2.35. The van der Waals surface area contributed by atoms with E-state index in [0.29, 0.717) is 5.75 Å². The van der Waals surface area contributed by atoms with Crippen LogP contribution in [0.25, 0.3) is 0 Å². The fourth-order valence-electron chi connectivity index (χ4n) is 5.94. The highest BCUT2D eigenvalue weighted by Crippen LogP contribution is 2.28. The van der Waals surface area contributed by atoms with E-state index in [4.69, 9.17) is 4.74 Å². The first-order chi connectivity index (χ1) is 22.7. The van der Waals surface area contributed by atoms with Gasteiger partial charge >= 0.3 is 0 Å². The number of ether oxygens (including phenoxy) is 1. The van der Waals surface area contributed by atoms with Crippen LogP contribution < -0.4 is 14.4 Å². The van der Waals surface area contributed by atoms with Crippen LogP contribution in [0.5, 0.6) is 5.75 Å². The summed E-state index contributed by atoms with van der Waals surface area (Å²) in [4.78, 5) is 30.5. The molecule has 0 spiro atoms. The Morgan fingerprint density at radius 1 is 0.851 bits per heavy atom. The number of carbonyl (C=O) groups is 2. The predicted octanol–water partition coefficient (Wildman–Crippen LogP) is 6.74. The summed E-state index contributed by atoms with van der Waals surface area (Å²) < 4.78 is 35.7. The van der Waals surface area contributed by atoms with E-state index in [2.05, 4.69) is 21.2 Å². The summed E-state index contributed by atoms with van der Waals surface area (Å²) >= 11 is 3.53. The quantitative estimate of drug-likeness (QED) is 0.165. The Morgan fingerprint density at radius 3 is 2.19 bits per heavy atom. The number of nitrogens with zero attached hydrogens (tertiary/aromatic N) is 2. The monoisotopic (exact) mass is 717 g/mol. The van der Waals surface area contributed by atoms with E-state index in [1.807, 2.05) is 54.6 Å². The molecule has 4 aromatic rings. The standard InChI is InChI=1S/C37H40BrN3O5S/c1-46-33-20-12-19-32(25-33)41(47(44,45)34-21-9-4-10-22-34)27-36(42)40(26-29-15-11-16-30(38)23-29)35(24-28-13-5-2-6-14-28)37(43)39-31-17-7-3-8-18-31/h2,4-6,9-16,19-23,25,31,35H,3,7-8,17-18,24,26-27H2,1H3,(H,39,43). The minimum absolute atomic E-state index is 0.0316. The Bertz CT molecular complexity index is 1750. The van der Waals surface area contributed by atoms with E-state index in [1.165, 1.54) is 24.1 Å². The molecular weight excluding hydrogens is 678 g/mol. The molecule has 1 atom stereocenters. The van der Waals surface area contributed by atoms with Gasteiger partial charge in [0.1, 0.15) is 18.3 Å². The average Bonchev–Trinajstić information content (AvgIpc) is 3.10. The Hall–Kier alpha value is -4.15. The van der Waals surface area contributed by atoms with Crippen molar-refractivity contribution in [3.8, 4) is 5.75 Å². The van der Waals surface area contributed by atoms with Crippen molar-refractivity contribution in [3.05, 3.63) is 125 Å². The lowest BCUT2D eigenvalue weighted by molar-refractivity contribution is -0.140. The summed E-state index contributed by atoms with van der Waals surface area (Å²) in [5.74, 6) is -0.307. The molecule has 0 aliphatic heterocycles. The largest absolute Gasteiger partial charge is 0.497 e. The summed E-state index contributed by atoms with van der Waals surface area (Å²) in [7, 11) is -2.69. The zero-order chi connectivity index (χ0) is 33.2. The number of rotatable bonds is 13. The van der Waals surface area contributed by atoms with Gasteiger partial charge in [0.2, 0.25) is 11.8 Å². The van der Waals surface area contributed by atoms with Gasteiger partial charge in [0.15, 0.2) is 0 Å². The van der Waals surface area contributed by atoms with Crippen LogP contribution in [0.3, 0.4) is 0 Å². The number of benzene rings is 4. The minimum Gasteiger partial charge on any atom is -0.497 e. The average molecular weight is 719 g/mol. The highest BCUT2D eigenvalue weighted by molar-refractivity contribution is 9.10. The number of amides is 2. The third-order valence-electron chi connectivity index (χ3n) is 8.42. The van der Waals surface area contributed by atoms with Crippen LogP contribution in [0.15, 0.2) is 119 Å². The maximum absolute atomic E-state index is 14.7. The third kappa shape index (κ3) is 9.02. The normalized spacial score (nSPS) is 14.2. The van der Waals surface area contributed by atoms with Crippen molar-refractivity contribution in [3.63, 3.8) is 0 Å². The van der Waals surface area contributed by atoms with Crippen molar-refractivity contribution >= 4 is 43.5 Å². The summed E-state index contributed by atoms with van der Waals surface area (Å²) in [6.45, 7) is -0.425. The molecule has 1 fully saturated rings. The van der Waals surface area contributed by atoms with Crippen molar-refractivity contribution in [2.75, 3.05) is 18.0 Å². The molecule has 5 rings (SSSR count). The molecule has 8 nitrogen and oxygen atoms in total. The van der Waals surface area contributed by atoms with Crippen LogP contribution in [-0.4, -0.2) is 50.9 Å². The van der Waals surface area contributed by atoms with Gasteiger partial charge in [-0.25, -0.2) is 8.42 Å². The number of nitrogens with one attached hydrogen (secondary N) is 1. The van der Waals surface area contributed by atoms with Crippen LogP contribution in [0.1, 0.15) is 43.2 Å². The molecule has 47 heavy (non-hydrogen) atoms. The molecule has 4 aromatic carbocycles. The Kier molecular flexibility index (Phi) is 11.7. The van der Waals surface area contributed by atoms with Gasteiger partial charge in [-0.05, 0) is 60.4 Å². The van der Waals surface area contributed by atoms with Crippen molar-refractivity contribution in [1.29, 1.82) is 0 Å². The van der Waals surface area contributed by atoms with E-state index in [-0.39, 0.29) is 35.5 Å². The molecule has 246 valence electrons. The van der Waals surface area contributed by atoms with Crippen molar-refractivity contribution in [1.82, 2.24) is 10.2 Å². The number of hydrogen-bond acceptors (Lipinski definition) is 5. The van der Waals surface area contributed by atoms with Gasteiger partial charge in [0.25, 0.3) is 10.0 Å². The molecule has 0 saturated heterocycles. The van der Waals surface area contributed by atoms with E-state index >= 15 is 0 Å². The summed E-state index contributed by atoms with van der Waals surface area (Å²) in [5.41, 5.74) is 1.97. The highest BCUT2D eigenvalue weighted by atomic mass is 79.9. The topological polar surface area (TPSA) is 96.0 Å². The van der Waals surface area contributed by atoms with E-state index < -0.39 is 28.5 Å². The fraction of sp³-hybridized carbons (Fsp3) is 0.297. The molecular formula is C37H40BrN3O5S. The van der Waals surface area contributed by atoms with Gasteiger partial charge in [-0.1, -0.05) is 102 Å². The number of anilines is 1. The number of halogens is 1. The first-order valence-electron chi connectivity index (χ1n) is 15.8. The van der Waals surface area contributed by atoms with Crippen molar-refractivity contribution in [2.24, 2.45) is 0 Å². The van der Waals surface area contributed by atoms with Gasteiger partial charge in [0.05, 0.1) is 17.7 Å². The van der Waals surface area contributed by atoms with Gasteiger partial charge in [0, 0.05) is 29.5 Å². The summed E-state index contributed by atoms with van der Waals surface area (Å²) in [6.07, 6.45) is 5.28. The van der Waals surface area contributed by atoms with Crippen LogP contribution in [0.2, 0.25) is 0 Å². The van der Waals surface area contributed by atoms with Gasteiger partial charge in [-0.2, -0.15) is 0 Å². The van der Waals surface area contributed by atoms with Crippen LogP contribution in [-0.2, 0) is 32.6 Å². The molecule has 0 aromatic heterocycles. The molecule has 1 saturated carbocycles. The first-order valence-corrected chi connectivity index (χ1v) is 18.1. The number of carbonyl (C=O) groups excluding carboxylic acids is 2. The lowest BCUT2D eigenvalue weighted by Crippen LogP contribution is -2.55. The Morgan fingerprint density at radius 2 is 1.51 bits per heavy atom. The molecule has 1 aliphatic carbocycles. The second kappa shape index (κ2) is 16.1. The molecule has 0 heterocycles. The van der Waals surface area contributed by atoms with Crippen LogP contribution in [0, 0.1) is 0 Å². The molecule has 1 unspecified atom stereocenters. The molecule has 1 aliphatic rings. The Labute approximate surface area is 285 Å². The van der Waals surface area contributed by atoms with E-state index in [9.17, 15) is 18.0 Å². The van der Waals surface area contributed by atoms with E-state index in [1.54, 1.807) is 42.5 Å². The van der Waals surface area contributed by atoms with Gasteiger partial charge in [-0.3, -0.25) is 13.9 Å². The zero-order valence-electron chi connectivity index (χ0n) is 26.4. The molecule has 0 bridgehead atoms. The maximum Gasteiger partial charge on any atom is 0.264 e. The fourth-order valence-corrected chi connectivity index (χ4v) is 7.82. The lowest BCUT2D eigenvalue weighted by atomic mass is 9.94. The second-order valence-corrected chi connectivity index (χ2v) is 14.5. The number of hydrogen-bond donors (Lipinski definition) is 1. The maximum atomic E-state index is 14.7. The molecule has 0 radical (unpaired) electrons.